The van der Waals surface area contributed by atoms with Crippen LogP contribution in [0.15, 0.2) is 65.6 Å². The van der Waals surface area contributed by atoms with Crippen molar-refractivity contribution in [3.63, 3.8) is 0 Å². The van der Waals surface area contributed by atoms with Gasteiger partial charge in [0, 0.05) is 15.3 Å². The first kappa shape index (κ1) is 13.3. The highest BCUT2D eigenvalue weighted by atomic mass is 35.5. The Labute approximate surface area is 126 Å². The van der Waals surface area contributed by atoms with E-state index < -0.39 is 10.9 Å². The summed E-state index contributed by atoms with van der Waals surface area (Å²) >= 11 is 5.96. The van der Waals surface area contributed by atoms with Crippen LogP contribution >= 0.6 is 22.5 Å². The fraction of sp³-hybridized carbons (Fsp3) is 0.0588. The lowest BCUT2D eigenvalue weighted by Gasteiger charge is -2.19. The third kappa shape index (κ3) is 2.62. The molecule has 1 heterocycles. The highest BCUT2D eigenvalue weighted by Crippen LogP contribution is 2.52. The molecular weight excluding hydrogens is 288 g/mol. The van der Waals surface area contributed by atoms with Gasteiger partial charge >= 0.3 is 0 Å². The van der Waals surface area contributed by atoms with Gasteiger partial charge in [0.05, 0.1) is 7.11 Å². The normalized spacial score (nSPS) is 18.9. The SMILES string of the molecule is COc1cccc(C2=CC=[C][SH]2c2ccc(Cl)cc2)c1. The summed E-state index contributed by atoms with van der Waals surface area (Å²) in [5.74, 6) is 0.876. The Morgan fingerprint density at radius 2 is 1.90 bits per heavy atom. The first-order valence-corrected chi connectivity index (χ1v) is 8.00. The number of hydrogen-bond donors (Lipinski definition) is 1. The van der Waals surface area contributed by atoms with E-state index >= 15 is 0 Å². The van der Waals surface area contributed by atoms with Gasteiger partial charge < -0.3 is 4.74 Å². The number of benzene rings is 2. The quantitative estimate of drug-likeness (QED) is 0.778. The number of thiol groups is 1. The molecule has 1 aliphatic heterocycles. The first-order valence-electron chi connectivity index (χ1n) is 6.28. The molecule has 2 aromatic rings. The highest BCUT2D eigenvalue weighted by molar-refractivity contribution is 8.26. The van der Waals surface area contributed by atoms with Crippen LogP contribution in [0.5, 0.6) is 5.75 Å². The number of halogens is 1. The molecule has 2 aromatic carbocycles. The van der Waals surface area contributed by atoms with Gasteiger partial charge in [0.1, 0.15) is 5.75 Å². The topological polar surface area (TPSA) is 9.23 Å². The van der Waals surface area contributed by atoms with Crippen molar-refractivity contribution in [2.24, 2.45) is 0 Å². The zero-order valence-corrected chi connectivity index (χ0v) is 12.7. The fourth-order valence-corrected chi connectivity index (χ4v) is 4.13. The van der Waals surface area contributed by atoms with Gasteiger partial charge in [-0.05, 0) is 59.0 Å². The van der Waals surface area contributed by atoms with Crippen molar-refractivity contribution in [2.75, 3.05) is 7.11 Å². The average molecular weight is 302 g/mol. The van der Waals surface area contributed by atoms with Crippen molar-refractivity contribution in [3.05, 3.63) is 76.7 Å². The number of methoxy groups -OCH3 is 1. The molecule has 101 valence electrons. The van der Waals surface area contributed by atoms with Crippen LogP contribution in [0.4, 0.5) is 0 Å². The van der Waals surface area contributed by atoms with Gasteiger partial charge in [-0.3, -0.25) is 0 Å². The van der Waals surface area contributed by atoms with Crippen molar-refractivity contribution in [1.82, 2.24) is 0 Å². The van der Waals surface area contributed by atoms with Crippen LogP contribution < -0.4 is 4.74 Å². The van der Waals surface area contributed by atoms with Crippen LogP contribution in [0.1, 0.15) is 5.56 Å². The van der Waals surface area contributed by atoms with Crippen molar-refractivity contribution in [3.8, 4) is 5.75 Å². The maximum atomic E-state index is 5.96. The van der Waals surface area contributed by atoms with Crippen LogP contribution in [0.25, 0.3) is 4.91 Å². The summed E-state index contributed by atoms with van der Waals surface area (Å²) in [5, 5.41) is 4.20. The largest absolute Gasteiger partial charge is 0.497 e. The molecule has 0 spiro atoms. The van der Waals surface area contributed by atoms with E-state index in [-0.39, 0.29) is 0 Å². The Balaban J connectivity index is 1.95. The summed E-state index contributed by atoms with van der Waals surface area (Å²) in [4.78, 5) is 2.55. The molecule has 0 aromatic heterocycles. The molecule has 1 radical (unpaired) electrons. The minimum absolute atomic E-state index is 0.568. The fourth-order valence-electron chi connectivity index (χ4n) is 2.15. The monoisotopic (exact) mass is 301 g/mol. The zero-order valence-electron chi connectivity index (χ0n) is 11.0. The lowest BCUT2D eigenvalue weighted by Crippen LogP contribution is -1.88. The Bertz CT molecular complexity index is 674. The van der Waals surface area contributed by atoms with E-state index in [0.717, 1.165) is 10.8 Å². The molecular formula is C17H14ClOS. The van der Waals surface area contributed by atoms with Gasteiger partial charge in [-0.15, -0.1) is 0 Å². The minimum Gasteiger partial charge on any atom is -0.497 e. The summed E-state index contributed by atoms with van der Waals surface area (Å²) in [7, 11) is 1.12. The van der Waals surface area contributed by atoms with Crippen molar-refractivity contribution in [1.29, 1.82) is 0 Å². The molecule has 1 nitrogen and oxygen atoms in total. The molecule has 0 saturated carbocycles. The second-order valence-electron chi connectivity index (χ2n) is 4.39. The Hall–Kier alpha value is -1.64. The van der Waals surface area contributed by atoms with E-state index in [1.165, 1.54) is 15.4 Å². The number of rotatable bonds is 3. The maximum Gasteiger partial charge on any atom is 0.119 e. The van der Waals surface area contributed by atoms with Gasteiger partial charge in [-0.25, -0.2) is 0 Å². The summed E-state index contributed by atoms with van der Waals surface area (Å²) in [6, 6.07) is 16.2. The summed E-state index contributed by atoms with van der Waals surface area (Å²) in [6.07, 6.45) is 4.14. The van der Waals surface area contributed by atoms with E-state index in [1.807, 2.05) is 30.3 Å². The smallest absolute Gasteiger partial charge is 0.119 e. The number of allylic oxidation sites excluding steroid dienone is 2. The van der Waals surface area contributed by atoms with Gasteiger partial charge in [0.2, 0.25) is 0 Å². The molecule has 0 bridgehead atoms. The Morgan fingerprint density at radius 1 is 1.10 bits per heavy atom. The van der Waals surface area contributed by atoms with E-state index in [0.29, 0.717) is 0 Å². The van der Waals surface area contributed by atoms with E-state index in [9.17, 15) is 0 Å². The van der Waals surface area contributed by atoms with Crippen molar-refractivity contribution < 1.29 is 4.74 Å². The molecule has 0 N–H and O–H groups in total. The van der Waals surface area contributed by atoms with Crippen molar-refractivity contribution in [2.45, 2.75) is 4.90 Å². The second kappa shape index (κ2) is 5.78. The molecule has 3 heteroatoms. The van der Waals surface area contributed by atoms with Crippen molar-refractivity contribution >= 4 is 27.4 Å². The van der Waals surface area contributed by atoms with Gasteiger partial charge in [0.25, 0.3) is 0 Å². The Kier molecular flexibility index (Phi) is 3.86. The third-order valence-corrected chi connectivity index (χ3v) is 5.50. The predicted octanol–water partition coefficient (Wildman–Crippen LogP) is 5.08. The third-order valence-electron chi connectivity index (χ3n) is 3.14. The first-order chi connectivity index (χ1) is 9.78. The van der Waals surface area contributed by atoms with Crippen LogP contribution in [0, 0.1) is 5.41 Å². The second-order valence-corrected chi connectivity index (χ2v) is 6.76. The molecule has 0 aliphatic carbocycles. The van der Waals surface area contributed by atoms with Crippen LogP contribution in [-0.4, -0.2) is 7.11 Å². The number of ether oxygens (including phenoxy) is 1. The molecule has 1 unspecified atom stereocenters. The lowest BCUT2D eigenvalue weighted by molar-refractivity contribution is 0.414. The molecule has 0 fully saturated rings. The van der Waals surface area contributed by atoms with Crippen LogP contribution in [0.2, 0.25) is 5.02 Å². The molecule has 1 atom stereocenters. The van der Waals surface area contributed by atoms with E-state index in [2.05, 4.69) is 35.7 Å². The lowest BCUT2D eigenvalue weighted by atomic mass is 10.2. The summed E-state index contributed by atoms with van der Waals surface area (Å²) in [6.45, 7) is 0. The highest BCUT2D eigenvalue weighted by Gasteiger charge is 2.16. The molecule has 1 aliphatic rings. The van der Waals surface area contributed by atoms with E-state index in [1.54, 1.807) is 7.11 Å². The average Bonchev–Trinajstić information content (AvgIpc) is 2.97. The molecule has 0 saturated heterocycles. The summed E-state index contributed by atoms with van der Waals surface area (Å²) in [5.41, 5.74) is 1.19. The molecule has 20 heavy (non-hydrogen) atoms. The Morgan fingerprint density at radius 3 is 2.65 bits per heavy atom. The molecule has 0 amide bonds. The van der Waals surface area contributed by atoms with Crippen LogP contribution in [-0.2, 0) is 0 Å². The standard InChI is InChI=1S/C17H14ClOS/c1-19-15-5-2-4-13(12-15)17-6-3-11-20(17)16-9-7-14(18)8-10-16/h2-10,12,20H,1H3. The summed E-state index contributed by atoms with van der Waals surface area (Å²) < 4.78 is 5.30. The van der Waals surface area contributed by atoms with Gasteiger partial charge in [0.15, 0.2) is 0 Å². The zero-order chi connectivity index (χ0) is 13.9. The maximum absolute atomic E-state index is 5.96. The molecule has 3 rings (SSSR count). The number of hydrogen-bond acceptors (Lipinski definition) is 1. The van der Waals surface area contributed by atoms with Crippen LogP contribution in [0.3, 0.4) is 0 Å². The van der Waals surface area contributed by atoms with E-state index in [4.69, 9.17) is 16.3 Å². The predicted molar refractivity (Wildman–Crippen MR) is 87.5 cm³/mol. The minimum atomic E-state index is -0.568. The van der Waals surface area contributed by atoms with Gasteiger partial charge in [-0.1, -0.05) is 23.7 Å². The van der Waals surface area contributed by atoms with Gasteiger partial charge in [-0.2, -0.15) is 10.9 Å².